The number of hydrogen-bond donors (Lipinski definition) is 1. The average molecular weight is 250 g/mol. The van der Waals surface area contributed by atoms with Gasteiger partial charge in [-0.1, -0.05) is 5.21 Å². The van der Waals surface area contributed by atoms with E-state index in [1.54, 1.807) is 6.92 Å². The standard InChI is InChI=1S/C11H14N4O3/c1-4-15-9-7(11(16)17)6(3)12-10(18-5-2)8(9)13-14-15/h4-5H2,1-3H3,(H,16,17). The molecule has 2 aromatic rings. The first-order chi connectivity index (χ1) is 8.60. The summed E-state index contributed by atoms with van der Waals surface area (Å²) in [6.45, 7) is 6.31. The van der Waals surface area contributed by atoms with Gasteiger partial charge in [0.1, 0.15) is 11.1 Å². The van der Waals surface area contributed by atoms with E-state index < -0.39 is 5.97 Å². The van der Waals surface area contributed by atoms with Crippen molar-refractivity contribution >= 4 is 17.0 Å². The van der Waals surface area contributed by atoms with Crippen LogP contribution in [0.4, 0.5) is 0 Å². The van der Waals surface area contributed by atoms with Crippen LogP contribution in [0.25, 0.3) is 11.0 Å². The molecule has 18 heavy (non-hydrogen) atoms. The Labute approximate surface area is 103 Å². The van der Waals surface area contributed by atoms with Crippen molar-refractivity contribution in [2.24, 2.45) is 0 Å². The van der Waals surface area contributed by atoms with Crippen LogP contribution >= 0.6 is 0 Å². The predicted octanol–water partition coefficient (Wildman–Crippen LogP) is 1.25. The van der Waals surface area contributed by atoms with Crippen LogP contribution in [0, 0.1) is 6.92 Å². The van der Waals surface area contributed by atoms with Crippen LogP contribution in [0.1, 0.15) is 29.9 Å². The zero-order chi connectivity index (χ0) is 13.3. The van der Waals surface area contributed by atoms with E-state index in [4.69, 9.17) is 4.74 Å². The molecule has 0 saturated carbocycles. The highest BCUT2D eigenvalue weighted by Crippen LogP contribution is 2.26. The summed E-state index contributed by atoms with van der Waals surface area (Å²) in [4.78, 5) is 15.5. The van der Waals surface area contributed by atoms with Gasteiger partial charge < -0.3 is 9.84 Å². The van der Waals surface area contributed by atoms with Gasteiger partial charge in [-0.2, -0.15) is 0 Å². The number of rotatable bonds is 4. The van der Waals surface area contributed by atoms with E-state index in [2.05, 4.69) is 15.3 Å². The monoisotopic (exact) mass is 250 g/mol. The van der Waals surface area contributed by atoms with Gasteiger partial charge in [0.25, 0.3) is 0 Å². The van der Waals surface area contributed by atoms with E-state index in [0.717, 1.165) is 0 Å². The third-order valence-corrected chi connectivity index (χ3v) is 2.60. The van der Waals surface area contributed by atoms with E-state index in [0.29, 0.717) is 35.8 Å². The van der Waals surface area contributed by atoms with Gasteiger partial charge in [0, 0.05) is 6.54 Å². The summed E-state index contributed by atoms with van der Waals surface area (Å²) in [7, 11) is 0. The molecule has 7 heteroatoms. The third-order valence-electron chi connectivity index (χ3n) is 2.60. The van der Waals surface area contributed by atoms with Gasteiger partial charge in [-0.15, -0.1) is 5.10 Å². The summed E-state index contributed by atoms with van der Waals surface area (Å²) in [5.74, 6) is -0.709. The number of hydrogen-bond acceptors (Lipinski definition) is 5. The highest BCUT2D eigenvalue weighted by molar-refractivity contribution is 6.03. The number of fused-ring (bicyclic) bond motifs is 1. The fourth-order valence-corrected chi connectivity index (χ4v) is 1.85. The molecule has 0 bridgehead atoms. The van der Waals surface area contributed by atoms with E-state index >= 15 is 0 Å². The molecule has 0 radical (unpaired) electrons. The molecule has 0 saturated heterocycles. The van der Waals surface area contributed by atoms with Crippen LogP contribution in [-0.2, 0) is 6.54 Å². The van der Waals surface area contributed by atoms with E-state index in [1.165, 1.54) is 4.68 Å². The maximum absolute atomic E-state index is 11.3. The van der Waals surface area contributed by atoms with Crippen LogP contribution < -0.4 is 4.74 Å². The lowest BCUT2D eigenvalue weighted by Crippen LogP contribution is -2.09. The third kappa shape index (κ3) is 1.77. The summed E-state index contributed by atoms with van der Waals surface area (Å²) in [6.07, 6.45) is 0. The lowest BCUT2D eigenvalue weighted by atomic mass is 10.1. The van der Waals surface area contributed by atoms with Crippen molar-refractivity contribution in [3.63, 3.8) is 0 Å². The van der Waals surface area contributed by atoms with Gasteiger partial charge in [-0.05, 0) is 20.8 Å². The van der Waals surface area contributed by atoms with Gasteiger partial charge in [0.05, 0.1) is 12.3 Å². The van der Waals surface area contributed by atoms with Crippen LogP contribution in [0.5, 0.6) is 5.88 Å². The molecule has 0 spiro atoms. The molecule has 96 valence electrons. The molecule has 2 heterocycles. The molecular weight excluding hydrogens is 236 g/mol. The molecule has 7 nitrogen and oxygen atoms in total. The minimum Gasteiger partial charge on any atom is -0.478 e. The van der Waals surface area contributed by atoms with Crippen molar-refractivity contribution < 1.29 is 14.6 Å². The van der Waals surface area contributed by atoms with Gasteiger partial charge in [-0.3, -0.25) is 0 Å². The summed E-state index contributed by atoms with van der Waals surface area (Å²) < 4.78 is 6.91. The number of nitrogens with zero attached hydrogens (tertiary/aromatic N) is 4. The average Bonchev–Trinajstić information content (AvgIpc) is 2.72. The van der Waals surface area contributed by atoms with Crippen LogP contribution in [0.3, 0.4) is 0 Å². The Balaban J connectivity index is 2.84. The number of aryl methyl sites for hydroxylation is 2. The Hall–Kier alpha value is -2.18. The van der Waals surface area contributed by atoms with Crippen molar-refractivity contribution in [2.45, 2.75) is 27.3 Å². The van der Waals surface area contributed by atoms with Gasteiger partial charge >= 0.3 is 5.97 Å². The number of aromatic carboxylic acids is 1. The maximum Gasteiger partial charge on any atom is 0.339 e. The Morgan fingerprint density at radius 3 is 2.72 bits per heavy atom. The number of pyridine rings is 1. The van der Waals surface area contributed by atoms with Crippen molar-refractivity contribution in [1.82, 2.24) is 20.0 Å². The fraction of sp³-hybridized carbons (Fsp3) is 0.455. The largest absolute Gasteiger partial charge is 0.478 e. The molecule has 0 unspecified atom stereocenters. The molecule has 0 aliphatic rings. The van der Waals surface area contributed by atoms with Gasteiger partial charge in [-0.25, -0.2) is 14.5 Å². The van der Waals surface area contributed by atoms with Crippen molar-refractivity contribution in [3.05, 3.63) is 11.3 Å². The zero-order valence-electron chi connectivity index (χ0n) is 10.5. The summed E-state index contributed by atoms with van der Waals surface area (Å²) >= 11 is 0. The molecule has 0 aliphatic carbocycles. The fourth-order valence-electron chi connectivity index (χ4n) is 1.85. The topological polar surface area (TPSA) is 90.1 Å². The van der Waals surface area contributed by atoms with Gasteiger partial charge in [0.15, 0.2) is 5.52 Å². The maximum atomic E-state index is 11.3. The van der Waals surface area contributed by atoms with E-state index in [9.17, 15) is 9.90 Å². The summed E-state index contributed by atoms with van der Waals surface area (Å²) in [5.41, 5.74) is 1.37. The Bertz CT molecular complexity index is 606. The SMILES string of the molecule is CCOc1nc(C)c(C(=O)O)c2c1nnn2CC. The molecule has 1 N–H and O–H groups in total. The van der Waals surface area contributed by atoms with Crippen molar-refractivity contribution in [3.8, 4) is 5.88 Å². The predicted molar refractivity (Wildman–Crippen MR) is 63.9 cm³/mol. The van der Waals surface area contributed by atoms with Crippen molar-refractivity contribution in [2.75, 3.05) is 6.61 Å². The smallest absolute Gasteiger partial charge is 0.339 e. The quantitative estimate of drug-likeness (QED) is 0.878. The molecule has 0 fully saturated rings. The number of ether oxygens (including phenoxy) is 1. The van der Waals surface area contributed by atoms with Crippen LogP contribution in [0.2, 0.25) is 0 Å². The summed E-state index contributed by atoms with van der Waals surface area (Å²) in [5, 5.41) is 17.2. The normalized spacial score (nSPS) is 10.8. The van der Waals surface area contributed by atoms with E-state index in [1.807, 2.05) is 13.8 Å². The highest BCUT2D eigenvalue weighted by atomic mass is 16.5. The second kappa shape index (κ2) is 4.59. The zero-order valence-corrected chi connectivity index (χ0v) is 10.5. The molecule has 0 aliphatic heterocycles. The second-order valence-electron chi connectivity index (χ2n) is 3.72. The molecule has 0 atom stereocenters. The molecule has 0 amide bonds. The first-order valence-electron chi connectivity index (χ1n) is 5.70. The summed E-state index contributed by atoms with van der Waals surface area (Å²) in [6, 6.07) is 0. The van der Waals surface area contributed by atoms with Crippen LogP contribution in [-0.4, -0.2) is 37.7 Å². The minimum atomic E-state index is -1.04. The van der Waals surface area contributed by atoms with Crippen molar-refractivity contribution in [1.29, 1.82) is 0 Å². The second-order valence-corrected chi connectivity index (χ2v) is 3.72. The molecular formula is C11H14N4O3. The Kier molecular flexibility index (Phi) is 3.14. The molecule has 2 rings (SSSR count). The Morgan fingerprint density at radius 2 is 2.17 bits per heavy atom. The number of carboxylic acid groups (broad SMARTS) is 1. The van der Waals surface area contributed by atoms with Gasteiger partial charge in [0.2, 0.25) is 5.88 Å². The molecule has 2 aromatic heterocycles. The van der Waals surface area contributed by atoms with E-state index in [-0.39, 0.29) is 5.56 Å². The number of carbonyl (C=O) groups is 1. The first kappa shape index (κ1) is 12.3. The first-order valence-corrected chi connectivity index (χ1v) is 5.70. The minimum absolute atomic E-state index is 0.125. The lowest BCUT2D eigenvalue weighted by Gasteiger charge is -2.08. The lowest BCUT2D eigenvalue weighted by molar-refractivity contribution is 0.0697. The Morgan fingerprint density at radius 1 is 1.44 bits per heavy atom. The number of aromatic nitrogens is 4. The van der Waals surface area contributed by atoms with Crippen LogP contribution in [0.15, 0.2) is 0 Å². The number of carboxylic acids is 1. The highest BCUT2D eigenvalue weighted by Gasteiger charge is 2.22. The molecule has 0 aromatic carbocycles.